The normalized spacial score (nSPS) is 11.8. The lowest BCUT2D eigenvalue weighted by Crippen LogP contribution is -2.07. The molecule has 0 bridgehead atoms. The van der Waals surface area contributed by atoms with E-state index in [9.17, 15) is 18.3 Å². The molecule has 0 aliphatic heterocycles. The molecule has 27 heavy (non-hydrogen) atoms. The number of halogens is 4. The molecule has 4 nitrogen and oxygen atoms in total. The van der Waals surface area contributed by atoms with Gasteiger partial charge in [-0.2, -0.15) is 18.3 Å². The van der Waals surface area contributed by atoms with E-state index >= 15 is 0 Å². The van der Waals surface area contributed by atoms with Gasteiger partial charge < -0.3 is 9.84 Å². The van der Waals surface area contributed by atoms with Crippen molar-refractivity contribution in [1.82, 2.24) is 10.2 Å². The van der Waals surface area contributed by atoms with Gasteiger partial charge in [0.25, 0.3) is 0 Å². The lowest BCUT2D eigenvalue weighted by molar-refractivity contribution is -0.140. The highest BCUT2D eigenvalue weighted by atomic mass is 35.5. The van der Waals surface area contributed by atoms with Crippen molar-refractivity contribution in [2.45, 2.75) is 26.1 Å². The molecule has 2 aromatic carbocycles. The number of hydrogen-bond acceptors (Lipinski definition) is 3. The molecule has 0 aliphatic carbocycles. The maximum absolute atomic E-state index is 13.5. The number of benzene rings is 2. The van der Waals surface area contributed by atoms with E-state index in [-0.39, 0.29) is 34.2 Å². The molecule has 0 aliphatic rings. The number of aromatic amines is 1. The number of rotatable bonds is 4. The van der Waals surface area contributed by atoms with Crippen LogP contribution in [-0.2, 0) is 6.18 Å². The van der Waals surface area contributed by atoms with Gasteiger partial charge in [0.1, 0.15) is 22.9 Å². The topological polar surface area (TPSA) is 58.1 Å². The summed E-state index contributed by atoms with van der Waals surface area (Å²) in [6, 6.07) is 10.3. The molecule has 2 N–H and O–H groups in total. The Kier molecular flexibility index (Phi) is 5.06. The van der Waals surface area contributed by atoms with Gasteiger partial charge in [-0.05, 0) is 43.7 Å². The molecule has 0 spiro atoms. The van der Waals surface area contributed by atoms with Crippen LogP contribution in [0.5, 0.6) is 11.5 Å². The molecule has 3 aromatic rings. The summed E-state index contributed by atoms with van der Waals surface area (Å²) in [6.45, 7) is 3.65. The van der Waals surface area contributed by atoms with Crippen molar-refractivity contribution >= 4 is 11.6 Å². The number of nitrogens with one attached hydrogen (secondary N) is 1. The standard InChI is InChI=1S/C19H16ClF3N2O2/c1-10(2)27-13-7-8-14(15(26)9-13)17-16(11-3-5-12(20)6-4-11)18(25-24-17)19(21,22)23/h3-10,26H,1-2H3,(H,24,25). The predicted molar refractivity (Wildman–Crippen MR) is 96.9 cm³/mol. The fourth-order valence-electron chi connectivity index (χ4n) is 2.70. The fraction of sp³-hybridized carbons (Fsp3) is 0.211. The zero-order valence-electron chi connectivity index (χ0n) is 14.4. The Morgan fingerprint density at radius 2 is 1.78 bits per heavy atom. The summed E-state index contributed by atoms with van der Waals surface area (Å²) in [5, 5.41) is 16.6. The molecule has 8 heteroatoms. The van der Waals surface area contributed by atoms with Gasteiger partial charge in [0, 0.05) is 22.2 Å². The molecular formula is C19H16ClF3N2O2. The van der Waals surface area contributed by atoms with Crippen molar-refractivity contribution in [2.24, 2.45) is 0 Å². The maximum Gasteiger partial charge on any atom is 0.433 e. The molecule has 0 saturated carbocycles. The first-order valence-corrected chi connectivity index (χ1v) is 8.46. The van der Waals surface area contributed by atoms with Crippen LogP contribution in [0.2, 0.25) is 5.02 Å². The number of ether oxygens (including phenoxy) is 1. The number of phenolic OH excluding ortho intramolecular Hbond substituents is 1. The molecule has 1 heterocycles. The lowest BCUT2D eigenvalue weighted by Gasteiger charge is -2.12. The molecule has 0 unspecified atom stereocenters. The Bertz CT molecular complexity index is 951. The van der Waals surface area contributed by atoms with Gasteiger partial charge in [0.05, 0.1) is 6.10 Å². The third-order valence-electron chi connectivity index (χ3n) is 3.78. The van der Waals surface area contributed by atoms with Crippen LogP contribution in [-0.4, -0.2) is 21.4 Å². The van der Waals surface area contributed by atoms with Crippen LogP contribution in [0.25, 0.3) is 22.4 Å². The first-order chi connectivity index (χ1) is 12.7. The summed E-state index contributed by atoms with van der Waals surface area (Å²) in [5.41, 5.74) is -0.743. The SMILES string of the molecule is CC(C)Oc1ccc(-c2n[nH]c(C(F)(F)F)c2-c2ccc(Cl)cc2)c(O)c1. The molecule has 0 atom stereocenters. The molecular weight excluding hydrogens is 381 g/mol. The molecule has 1 aromatic heterocycles. The van der Waals surface area contributed by atoms with E-state index in [1.54, 1.807) is 6.07 Å². The zero-order valence-corrected chi connectivity index (χ0v) is 15.2. The lowest BCUT2D eigenvalue weighted by atomic mass is 9.98. The van der Waals surface area contributed by atoms with Crippen LogP contribution in [0.4, 0.5) is 13.2 Å². The van der Waals surface area contributed by atoms with Gasteiger partial charge in [-0.3, -0.25) is 5.10 Å². The van der Waals surface area contributed by atoms with E-state index in [2.05, 4.69) is 5.10 Å². The number of phenols is 1. The zero-order chi connectivity index (χ0) is 19.8. The smallest absolute Gasteiger partial charge is 0.433 e. The van der Waals surface area contributed by atoms with Gasteiger partial charge in [-0.25, -0.2) is 0 Å². The Morgan fingerprint density at radius 3 is 2.33 bits per heavy atom. The van der Waals surface area contributed by atoms with E-state index in [1.165, 1.54) is 36.4 Å². The summed E-state index contributed by atoms with van der Waals surface area (Å²) >= 11 is 5.84. The Labute approximate surface area is 158 Å². The van der Waals surface area contributed by atoms with E-state index in [0.717, 1.165) is 0 Å². The van der Waals surface area contributed by atoms with Crippen LogP contribution >= 0.6 is 11.6 Å². The maximum atomic E-state index is 13.5. The average molecular weight is 397 g/mol. The third kappa shape index (κ3) is 4.03. The first kappa shape index (κ1) is 19.1. The fourth-order valence-corrected chi connectivity index (χ4v) is 2.82. The minimum atomic E-state index is -4.64. The number of alkyl halides is 3. The number of hydrogen-bond donors (Lipinski definition) is 2. The number of H-pyrrole nitrogens is 1. The van der Waals surface area contributed by atoms with Crippen molar-refractivity contribution in [3.63, 3.8) is 0 Å². The van der Waals surface area contributed by atoms with E-state index < -0.39 is 11.9 Å². The van der Waals surface area contributed by atoms with Crippen molar-refractivity contribution < 1.29 is 23.0 Å². The molecule has 0 saturated heterocycles. The largest absolute Gasteiger partial charge is 0.507 e. The van der Waals surface area contributed by atoms with Gasteiger partial charge in [0.2, 0.25) is 0 Å². The van der Waals surface area contributed by atoms with Gasteiger partial charge in [-0.1, -0.05) is 23.7 Å². The summed E-state index contributed by atoms with van der Waals surface area (Å²) < 4.78 is 45.9. The second-order valence-corrected chi connectivity index (χ2v) is 6.61. The van der Waals surface area contributed by atoms with E-state index in [1.807, 2.05) is 18.9 Å². The van der Waals surface area contributed by atoms with Crippen molar-refractivity contribution in [3.05, 3.63) is 53.2 Å². The highest BCUT2D eigenvalue weighted by Gasteiger charge is 2.38. The van der Waals surface area contributed by atoms with Crippen LogP contribution in [0.15, 0.2) is 42.5 Å². The van der Waals surface area contributed by atoms with Crippen LogP contribution < -0.4 is 4.74 Å². The van der Waals surface area contributed by atoms with Crippen LogP contribution in [0, 0.1) is 0 Å². The average Bonchev–Trinajstić information content (AvgIpc) is 3.00. The highest BCUT2D eigenvalue weighted by Crippen LogP contribution is 2.43. The highest BCUT2D eigenvalue weighted by molar-refractivity contribution is 6.30. The second kappa shape index (κ2) is 7.15. The Hall–Kier alpha value is -2.67. The first-order valence-electron chi connectivity index (χ1n) is 8.08. The monoisotopic (exact) mass is 396 g/mol. The Morgan fingerprint density at radius 1 is 1.11 bits per heavy atom. The van der Waals surface area contributed by atoms with Crippen molar-refractivity contribution in [3.8, 4) is 33.9 Å². The molecule has 0 fully saturated rings. The number of aromatic hydroxyl groups is 1. The van der Waals surface area contributed by atoms with Gasteiger partial charge in [0.15, 0.2) is 0 Å². The minimum Gasteiger partial charge on any atom is -0.507 e. The summed E-state index contributed by atoms with van der Waals surface area (Å²) in [4.78, 5) is 0. The molecule has 0 amide bonds. The predicted octanol–water partition coefficient (Wildman–Crippen LogP) is 5.91. The third-order valence-corrected chi connectivity index (χ3v) is 4.03. The van der Waals surface area contributed by atoms with Crippen molar-refractivity contribution in [1.29, 1.82) is 0 Å². The molecule has 0 radical (unpaired) electrons. The second-order valence-electron chi connectivity index (χ2n) is 6.17. The van der Waals surface area contributed by atoms with Gasteiger partial charge in [-0.15, -0.1) is 0 Å². The molecule has 3 rings (SSSR count). The summed E-state index contributed by atoms with van der Waals surface area (Å²) in [5.74, 6) is 0.175. The Balaban J connectivity index is 2.16. The van der Waals surface area contributed by atoms with E-state index in [4.69, 9.17) is 16.3 Å². The minimum absolute atomic E-state index is 0.0155. The quantitative estimate of drug-likeness (QED) is 0.576. The number of nitrogens with zero attached hydrogens (tertiary/aromatic N) is 1. The summed E-state index contributed by atoms with van der Waals surface area (Å²) in [6.07, 6.45) is -4.75. The number of aromatic nitrogens is 2. The van der Waals surface area contributed by atoms with Crippen LogP contribution in [0.1, 0.15) is 19.5 Å². The molecule has 142 valence electrons. The van der Waals surface area contributed by atoms with Crippen molar-refractivity contribution in [2.75, 3.05) is 0 Å². The van der Waals surface area contributed by atoms with Crippen LogP contribution in [0.3, 0.4) is 0 Å². The summed E-state index contributed by atoms with van der Waals surface area (Å²) in [7, 11) is 0. The van der Waals surface area contributed by atoms with Gasteiger partial charge >= 0.3 is 6.18 Å². The van der Waals surface area contributed by atoms with E-state index in [0.29, 0.717) is 10.8 Å².